The Hall–Kier alpha value is -0.600. The molecule has 0 amide bonds. The Bertz CT molecular complexity index is 424. The molecule has 98 valence electrons. The fraction of sp³-hybridized carbons (Fsp3) is 0.769. The molecule has 0 spiro atoms. The molecular weight excluding hydrogens is 262 g/mol. The number of nitriles is 1. The average molecular weight is 281 g/mol. The molecule has 2 rings (SSSR count). The van der Waals surface area contributed by atoms with Crippen molar-refractivity contribution in [2.45, 2.75) is 55.5 Å². The van der Waals surface area contributed by atoms with E-state index in [-0.39, 0.29) is 5.92 Å². The van der Waals surface area contributed by atoms with Crippen LogP contribution in [-0.2, 0) is 0 Å². The Labute approximate surface area is 117 Å². The lowest BCUT2D eigenvalue weighted by atomic mass is 9.80. The van der Waals surface area contributed by atoms with Gasteiger partial charge in [-0.15, -0.1) is 0 Å². The zero-order valence-corrected chi connectivity index (χ0v) is 12.6. The zero-order valence-electron chi connectivity index (χ0n) is 10.9. The lowest BCUT2D eigenvalue weighted by molar-refractivity contribution is 0.307. The summed E-state index contributed by atoms with van der Waals surface area (Å²) in [6, 6.07) is 2.48. The number of hydrogen-bond acceptors (Lipinski definition) is 5. The van der Waals surface area contributed by atoms with Crippen LogP contribution in [-0.4, -0.2) is 14.6 Å². The van der Waals surface area contributed by atoms with E-state index in [9.17, 15) is 5.26 Å². The van der Waals surface area contributed by atoms with Gasteiger partial charge in [-0.2, -0.15) is 9.64 Å². The maximum Gasteiger partial charge on any atom is 0.170 e. The third-order valence-electron chi connectivity index (χ3n) is 3.52. The van der Waals surface area contributed by atoms with E-state index in [1.165, 1.54) is 30.8 Å². The highest BCUT2D eigenvalue weighted by Gasteiger charge is 2.31. The van der Waals surface area contributed by atoms with Crippen LogP contribution < -0.4 is 0 Å². The van der Waals surface area contributed by atoms with Crippen LogP contribution in [0.2, 0.25) is 0 Å². The van der Waals surface area contributed by atoms with Crippen LogP contribution in [0, 0.1) is 30.1 Å². The second kappa shape index (κ2) is 6.53. The first-order valence-electron chi connectivity index (χ1n) is 6.59. The fourth-order valence-electron chi connectivity index (χ4n) is 2.62. The fourth-order valence-corrected chi connectivity index (χ4v) is 4.87. The van der Waals surface area contributed by atoms with Crippen molar-refractivity contribution < 1.29 is 0 Å². The number of aryl methyl sites for hydroxylation is 1. The number of rotatable bonds is 4. The second-order valence-electron chi connectivity index (χ2n) is 4.97. The van der Waals surface area contributed by atoms with Gasteiger partial charge in [0.25, 0.3) is 0 Å². The molecule has 3 nitrogen and oxygen atoms in total. The second-order valence-corrected chi connectivity index (χ2v) is 7.21. The van der Waals surface area contributed by atoms with E-state index < -0.39 is 0 Å². The Balaban J connectivity index is 2.00. The van der Waals surface area contributed by atoms with Crippen LogP contribution in [0.15, 0.2) is 4.34 Å². The molecule has 0 aromatic carbocycles. The van der Waals surface area contributed by atoms with Crippen LogP contribution in [0.3, 0.4) is 0 Å². The normalized spacial score (nSPS) is 27.9. The van der Waals surface area contributed by atoms with Crippen LogP contribution in [0.25, 0.3) is 0 Å². The summed E-state index contributed by atoms with van der Waals surface area (Å²) in [4.78, 5) is 4.41. The maximum absolute atomic E-state index is 9.26. The summed E-state index contributed by atoms with van der Waals surface area (Å²) in [7, 11) is 0. The largest absolute Gasteiger partial charge is 0.213 e. The van der Waals surface area contributed by atoms with Crippen LogP contribution in [0.5, 0.6) is 0 Å². The molecular formula is C13H19N3S2. The van der Waals surface area contributed by atoms with E-state index >= 15 is 0 Å². The van der Waals surface area contributed by atoms with E-state index in [0.717, 1.165) is 28.9 Å². The number of aromatic nitrogens is 2. The molecule has 0 radical (unpaired) electrons. The highest BCUT2D eigenvalue weighted by molar-refractivity contribution is 8.01. The quantitative estimate of drug-likeness (QED) is 0.835. The van der Waals surface area contributed by atoms with Crippen molar-refractivity contribution in [2.75, 3.05) is 0 Å². The molecule has 0 bridgehead atoms. The number of thioether (sulfide) groups is 1. The third kappa shape index (κ3) is 3.46. The van der Waals surface area contributed by atoms with Gasteiger partial charge in [0.05, 0.1) is 12.0 Å². The van der Waals surface area contributed by atoms with E-state index in [2.05, 4.69) is 22.4 Å². The van der Waals surface area contributed by atoms with Crippen LogP contribution in [0.4, 0.5) is 0 Å². The molecule has 0 N–H and O–H groups in total. The minimum absolute atomic E-state index is 0.187. The predicted molar refractivity (Wildman–Crippen MR) is 75.6 cm³/mol. The minimum atomic E-state index is 0.187. The topological polar surface area (TPSA) is 49.6 Å². The minimum Gasteiger partial charge on any atom is -0.213 e. The Morgan fingerprint density at radius 1 is 1.50 bits per heavy atom. The summed E-state index contributed by atoms with van der Waals surface area (Å²) >= 11 is 3.23. The molecule has 1 aliphatic rings. The molecule has 1 aliphatic carbocycles. The molecule has 1 saturated carbocycles. The first-order valence-corrected chi connectivity index (χ1v) is 8.24. The highest BCUT2D eigenvalue weighted by Crippen LogP contribution is 2.41. The summed E-state index contributed by atoms with van der Waals surface area (Å²) in [6.45, 7) is 4.16. The zero-order chi connectivity index (χ0) is 13.0. The van der Waals surface area contributed by atoms with Crippen LogP contribution in [0.1, 0.15) is 44.9 Å². The van der Waals surface area contributed by atoms with Gasteiger partial charge in [0, 0.05) is 5.25 Å². The molecule has 0 saturated heterocycles. The SMILES string of the molecule is CCCC1CCC(C#N)C(Sc2nc(C)ns2)C1. The Kier molecular flexibility index (Phi) is 5.02. The monoisotopic (exact) mass is 281 g/mol. The molecule has 1 aromatic heterocycles. The summed E-state index contributed by atoms with van der Waals surface area (Å²) < 4.78 is 5.24. The highest BCUT2D eigenvalue weighted by atomic mass is 32.2. The van der Waals surface area contributed by atoms with Crippen molar-refractivity contribution in [1.29, 1.82) is 5.26 Å². The lowest BCUT2D eigenvalue weighted by Crippen LogP contribution is -2.26. The van der Waals surface area contributed by atoms with E-state index in [1.54, 1.807) is 11.8 Å². The standard InChI is InChI=1S/C13H19N3S2/c1-3-4-10-5-6-11(8-14)12(7-10)17-13-15-9(2)16-18-13/h10-12H,3-7H2,1-2H3. The van der Waals surface area contributed by atoms with Crippen molar-refractivity contribution in [3.63, 3.8) is 0 Å². The lowest BCUT2D eigenvalue weighted by Gasteiger charge is -2.31. The van der Waals surface area contributed by atoms with Crippen molar-refractivity contribution in [1.82, 2.24) is 9.36 Å². The molecule has 5 heteroatoms. The van der Waals surface area contributed by atoms with Crippen molar-refractivity contribution in [3.05, 3.63) is 5.82 Å². The molecule has 3 unspecified atom stereocenters. The van der Waals surface area contributed by atoms with Gasteiger partial charge >= 0.3 is 0 Å². The number of hydrogen-bond donors (Lipinski definition) is 0. The first-order chi connectivity index (χ1) is 8.72. The number of nitrogens with zero attached hydrogens (tertiary/aromatic N) is 3. The summed E-state index contributed by atoms with van der Waals surface area (Å²) in [6.07, 6.45) is 5.98. The van der Waals surface area contributed by atoms with E-state index in [0.29, 0.717) is 5.25 Å². The molecule has 3 atom stereocenters. The summed E-state index contributed by atoms with van der Waals surface area (Å²) in [5.74, 6) is 1.83. The smallest absolute Gasteiger partial charge is 0.170 e. The van der Waals surface area contributed by atoms with Gasteiger partial charge in [0.15, 0.2) is 4.34 Å². The van der Waals surface area contributed by atoms with Gasteiger partial charge < -0.3 is 0 Å². The molecule has 1 heterocycles. The van der Waals surface area contributed by atoms with Crippen molar-refractivity contribution >= 4 is 23.3 Å². The van der Waals surface area contributed by atoms with Gasteiger partial charge in [-0.3, -0.25) is 0 Å². The van der Waals surface area contributed by atoms with E-state index in [1.807, 2.05) is 6.92 Å². The van der Waals surface area contributed by atoms with Gasteiger partial charge in [0.2, 0.25) is 0 Å². The molecule has 18 heavy (non-hydrogen) atoms. The molecule has 1 fully saturated rings. The third-order valence-corrected chi connectivity index (χ3v) is 5.76. The van der Waals surface area contributed by atoms with Crippen molar-refractivity contribution in [3.8, 4) is 6.07 Å². The Morgan fingerprint density at radius 3 is 2.94 bits per heavy atom. The average Bonchev–Trinajstić information content (AvgIpc) is 2.76. The predicted octanol–water partition coefficient (Wildman–Crippen LogP) is 4.05. The van der Waals surface area contributed by atoms with E-state index in [4.69, 9.17) is 0 Å². The Morgan fingerprint density at radius 2 is 2.33 bits per heavy atom. The summed E-state index contributed by atoms with van der Waals surface area (Å²) in [5.41, 5.74) is 0. The van der Waals surface area contributed by atoms with Gasteiger partial charge in [-0.05, 0) is 43.6 Å². The van der Waals surface area contributed by atoms with Gasteiger partial charge in [-0.25, -0.2) is 4.98 Å². The van der Waals surface area contributed by atoms with Gasteiger partial charge in [-0.1, -0.05) is 31.5 Å². The molecule has 1 aromatic rings. The van der Waals surface area contributed by atoms with Gasteiger partial charge in [0.1, 0.15) is 5.82 Å². The molecule has 0 aliphatic heterocycles. The van der Waals surface area contributed by atoms with Crippen molar-refractivity contribution in [2.24, 2.45) is 11.8 Å². The van der Waals surface area contributed by atoms with Crippen LogP contribution >= 0.6 is 23.3 Å². The maximum atomic E-state index is 9.26. The first kappa shape index (κ1) is 13.8. The summed E-state index contributed by atoms with van der Waals surface area (Å²) in [5, 5.41) is 9.67.